The van der Waals surface area contributed by atoms with Gasteiger partial charge in [-0.3, -0.25) is 9.59 Å². The number of aryl methyl sites for hydroxylation is 1. The lowest BCUT2D eigenvalue weighted by atomic mass is 9.58. The fourth-order valence-corrected chi connectivity index (χ4v) is 5.90. The van der Waals surface area contributed by atoms with E-state index in [0.717, 1.165) is 55.1 Å². The monoisotopic (exact) mass is 500 g/mol. The van der Waals surface area contributed by atoms with Crippen LogP contribution in [0.3, 0.4) is 0 Å². The van der Waals surface area contributed by atoms with Gasteiger partial charge in [-0.15, -0.1) is 10.2 Å². The molecule has 3 saturated carbocycles. The second kappa shape index (κ2) is 9.56. The molecule has 3 fully saturated rings. The van der Waals surface area contributed by atoms with Crippen molar-refractivity contribution in [1.82, 2.24) is 24.6 Å². The van der Waals surface area contributed by atoms with E-state index < -0.39 is 0 Å². The Balaban J connectivity index is 1.25. The van der Waals surface area contributed by atoms with Gasteiger partial charge in [0.15, 0.2) is 0 Å². The lowest BCUT2D eigenvalue weighted by molar-refractivity contribution is 0.102. The molecule has 3 aliphatic carbocycles. The number of nitrogens with one attached hydrogen (secondary N) is 2. The highest BCUT2D eigenvalue weighted by Crippen LogP contribution is 2.51. The van der Waals surface area contributed by atoms with Gasteiger partial charge in [-0.2, -0.15) is 0 Å². The second-order valence-corrected chi connectivity index (χ2v) is 11.6. The van der Waals surface area contributed by atoms with E-state index in [2.05, 4.69) is 33.8 Å². The van der Waals surface area contributed by atoms with E-state index >= 15 is 0 Å². The first-order valence-electron chi connectivity index (χ1n) is 13.6. The number of carbonyl (C=O) groups is 1. The fourth-order valence-electron chi connectivity index (χ4n) is 5.90. The highest BCUT2D eigenvalue weighted by Gasteiger charge is 2.48. The topological polar surface area (TPSA) is 93.8 Å². The smallest absolute Gasteiger partial charge is 0.263 e. The van der Waals surface area contributed by atoms with Crippen molar-refractivity contribution in [3.05, 3.63) is 75.7 Å². The van der Waals surface area contributed by atoms with Crippen LogP contribution in [0, 0.1) is 17.8 Å². The number of rotatable bonds is 10. The molecule has 3 aliphatic rings. The molecule has 0 saturated heterocycles. The Hall–Kier alpha value is -3.26. The molecule has 37 heavy (non-hydrogen) atoms. The van der Waals surface area contributed by atoms with Gasteiger partial charge < -0.3 is 19.8 Å². The molecule has 6 rings (SSSR count). The van der Waals surface area contributed by atoms with Crippen LogP contribution in [0.1, 0.15) is 72.8 Å². The van der Waals surface area contributed by atoms with Crippen molar-refractivity contribution >= 4 is 11.6 Å². The third kappa shape index (κ3) is 4.99. The number of amides is 1. The maximum atomic E-state index is 13.4. The molecule has 8 nitrogen and oxygen atoms in total. The van der Waals surface area contributed by atoms with Crippen molar-refractivity contribution in [1.29, 1.82) is 0 Å². The Labute approximate surface area is 217 Å². The normalized spacial score (nSPS) is 23.0. The van der Waals surface area contributed by atoms with Crippen LogP contribution < -0.4 is 16.2 Å². The minimum atomic E-state index is -0.356. The van der Waals surface area contributed by atoms with Crippen molar-refractivity contribution in [2.45, 2.75) is 64.0 Å². The molecule has 0 radical (unpaired) electrons. The Bertz CT molecular complexity index is 1360. The number of aromatic nitrogens is 4. The molecule has 8 heteroatoms. The summed E-state index contributed by atoms with van der Waals surface area (Å²) in [6.45, 7) is 4.58. The Morgan fingerprint density at radius 2 is 1.92 bits per heavy atom. The molecule has 1 amide bonds. The van der Waals surface area contributed by atoms with E-state index in [1.165, 1.54) is 12.8 Å². The van der Waals surface area contributed by atoms with E-state index in [9.17, 15) is 9.59 Å². The molecular weight excluding hydrogens is 464 g/mol. The van der Waals surface area contributed by atoms with Crippen LogP contribution in [0.5, 0.6) is 0 Å². The van der Waals surface area contributed by atoms with E-state index in [4.69, 9.17) is 0 Å². The summed E-state index contributed by atoms with van der Waals surface area (Å²) in [5, 5.41) is 15.1. The SMILES string of the molecule is CC1CC(c2cccc(NC(=O)c3cc(CNCC4CC4)cn(CC4CC4)c3=O)c2)(c2nncn2C)C1. The minimum absolute atomic E-state index is 0.206. The number of benzene rings is 1. The highest BCUT2D eigenvalue weighted by molar-refractivity contribution is 6.04. The first-order valence-corrected chi connectivity index (χ1v) is 13.6. The van der Waals surface area contributed by atoms with E-state index in [-0.39, 0.29) is 22.4 Å². The number of anilines is 1. The molecule has 194 valence electrons. The van der Waals surface area contributed by atoms with Crippen LogP contribution in [0.15, 0.2) is 47.7 Å². The average molecular weight is 501 g/mol. The standard InChI is InChI=1S/C29H36N6O2/c1-19-12-29(13-19,28-33-31-18-34(28)2)23-4-3-5-24(11-23)32-26(36)25-10-22(15-30-14-20-6-7-20)17-35(27(25)37)16-21-8-9-21/h3-5,10-11,17-21,30H,6-9,12-16H2,1-2H3,(H,32,36). The first kappa shape index (κ1) is 24.1. The largest absolute Gasteiger partial charge is 0.322 e. The van der Waals surface area contributed by atoms with Gasteiger partial charge in [0.2, 0.25) is 0 Å². The van der Waals surface area contributed by atoms with Crippen molar-refractivity contribution in [3.63, 3.8) is 0 Å². The van der Waals surface area contributed by atoms with Gasteiger partial charge in [0.05, 0.1) is 5.41 Å². The van der Waals surface area contributed by atoms with Gasteiger partial charge in [0.25, 0.3) is 11.5 Å². The van der Waals surface area contributed by atoms with E-state index in [1.807, 2.05) is 36.0 Å². The molecule has 2 N–H and O–H groups in total. The summed E-state index contributed by atoms with van der Waals surface area (Å²) in [4.78, 5) is 26.7. The second-order valence-electron chi connectivity index (χ2n) is 11.6. The average Bonchev–Trinajstić information content (AvgIpc) is 3.79. The van der Waals surface area contributed by atoms with Gasteiger partial charge in [0, 0.05) is 32.0 Å². The van der Waals surface area contributed by atoms with Crippen LogP contribution in [0.4, 0.5) is 5.69 Å². The zero-order valence-electron chi connectivity index (χ0n) is 21.7. The number of hydrogen-bond donors (Lipinski definition) is 2. The molecule has 3 aromatic rings. The number of carbonyl (C=O) groups excluding carboxylic acids is 1. The zero-order chi connectivity index (χ0) is 25.6. The molecule has 0 unspecified atom stereocenters. The number of pyridine rings is 1. The maximum absolute atomic E-state index is 13.4. The zero-order valence-corrected chi connectivity index (χ0v) is 21.7. The van der Waals surface area contributed by atoms with E-state index in [0.29, 0.717) is 30.6 Å². The lowest BCUT2D eigenvalue weighted by Gasteiger charge is -2.46. The molecule has 0 atom stereocenters. The van der Waals surface area contributed by atoms with Crippen molar-refractivity contribution in [2.75, 3.05) is 11.9 Å². The Morgan fingerprint density at radius 3 is 2.59 bits per heavy atom. The molecule has 0 bridgehead atoms. The van der Waals surface area contributed by atoms with Gasteiger partial charge in [-0.05, 0) is 92.1 Å². The maximum Gasteiger partial charge on any atom is 0.263 e. The molecular formula is C29H36N6O2. The van der Waals surface area contributed by atoms with Crippen LogP contribution in [-0.4, -0.2) is 31.8 Å². The first-order chi connectivity index (χ1) is 17.9. The van der Waals surface area contributed by atoms with Crippen molar-refractivity contribution in [2.24, 2.45) is 24.8 Å². The van der Waals surface area contributed by atoms with Crippen LogP contribution in [-0.2, 0) is 25.6 Å². The molecule has 1 aromatic carbocycles. The third-order valence-corrected chi connectivity index (χ3v) is 8.20. The summed E-state index contributed by atoms with van der Waals surface area (Å²) in [5.74, 6) is 2.50. The summed E-state index contributed by atoms with van der Waals surface area (Å²) < 4.78 is 3.73. The summed E-state index contributed by atoms with van der Waals surface area (Å²) in [6.07, 6.45) is 10.5. The van der Waals surface area contributed by atoms with Gasteiger partial charge >= 0.3 is 0 Å². The Kier molecular flexibility index (Phi) is 6.23. The van der Waals surface area contributed by atoms with E-state index in [1.54, 1.807) is 17.0 Å². The molecule has 0 spiro atoms. The molecule has 2 heterocycles. The van der Waals surface area contributed by atoms with Crippen LogP contribution in [0.25, 0.3) is 0 Å². The van der Waals surface area contributed by atoms with Crippen molar-refractivity contribution in [3.8, 4) is 0 Å². The summed E-state index contributed by atoms with van der Waals surface area (Å²) in [7, 11) is 1.98. The predicted molar refractivity (Wildman–Crippen MR) is 142 cm³/mol. The van der Waals surface area contributed by atoms with Crippen LogP contribution in [0.2, 0.25) is 0 Å². The van der Waals surface area contributed by atoms with Gasteiger partial charge in [-0.1, -0.05) is 19.1 Å². The third-order valence-electron chi connectivity index (χ3n) is 8.20. The molecule has 2 aromatic heterocycles. The lowest BCUT2D eigenvalue weighted by Crippen LogP contribution is -2.43. The summed E-state index contributed by atoms with van der Waals surface area (Å²) >= 11 is 0. The molecule has 0 aliphatic heterocycles. The minimum Gasteiger partial charge on any atom is -0.322 e. The summed E-state index contributed by atoms with van der Waals surface area (Å²) in [5.41, 5.74) is 2.56. The van der Waals surface area contributed by atoms with Crippen LogP contribution >= 0.6 is 0 Å². The van der Waals surface area contributed by atoms with Gasteiger partial charge in [-0.25, -0.2) is 0 Å². The Morgan fingerprint density at radius 1 is 1.14 bits per heavy atom. The summed E-state index contributed by atoms with van der Waals surface area (Å²) in [6, 6.07) is 9.75. The predicted octanol–water partition coefficient (Wildman–Crippen LogP) is 3.85. The van der Waals surface area contributed by atoms with Gasteiger partial charge in [0.1, 0.15) is 17.7 Å². The number of hydrogen-bond acceptors (Lipinski definition) is 5. The quantitative estimate of drug-likeness (QED) is 0.441. The number of nitrogens with zero attached hydrogens (tertiary/aromatic N) is 4. The van der Waals surface area contributed by atoms with Crippen molar-refractivity contribution < 1.29 is 4.79 Å². The fraction of sp³-hybridized carbons (Fsp3) is 0.517. The highest BCUT2D eigenvalue weighted by atomic mass is 16.2.